The summed E-state index contributed by atoms with van der Waals surface area (Å²) in [5, 5.41) is 12.8. The average Bonchev–Trinajstić information content (AvgIpc) is 2.17. The lowest BCUT2D eigenvalue weighted by Gasteiger charge is -2.28. The molecular weight excluding hydrogens is 194 g/mol. The number of aliphatic hydroxyl groups excluding tert-OH is 1. The van der Waals surface area contributed by atoms with E-state index in [9.17, 15) is 5.11 Å². The molecular formula is C11H23NOS. The Morgan fingerprint density at radius 2 is 2.29 bits per heavy atom. The van der Waals surface area contributed by atoms with Crippen molar-refractivity contribution in [3.63, 3.8) is 0 Å². The molecule has 0 aromatic carbocycles. The molecule has 0 radical (unpaired) electrons. The van der Waals surface area contributed by atoms with E-state index in [2.05, 4.69) is 19.2 Å². The van der Waals surface area contributed by atoms with E-state index < -0.39 is 0 Å². The molecule has 0 aromatic heterocycles. The molecule has 0 spiro atoms. The highest BCUT2D eigenvalue weighted by molar-refractivity contribution is 7.99. The molecule has 0 unspecified atom stereocenters. The van der Waals surface area contributed by atoms with Crippen molar-refractivity contribution >= 4 is 11.8 Å². The van der Waals surface area contributed by atoms with E-state index in [0.29, 0.717) is 18.0 Å². The first-order valence-electron chi connectivity index (χ1n) is 5.67. The van der Waals surface area contributed by atoms with Crippen molar-refractivity contribution in [1.82, 2.24) is 5.32 Å². The van der Waals surface area contributed by atoms with Crippen molar-refractivity contribution in [1.29, 1.82) is 0 Å². The van der Waals surface area contributed by atoms with Gasteiger partial charge in [-0.05, 0) is 30.9 Å². The number of hydrogen-bond donors (Lipinski definition) is 2. The van der Waals surface area contributed by atoms with Crippen molar-refractivity contribution in [2.75, 3.05) is 18.1 Å². The maximum absolute atomic E-state index is 9.24. The summed E-state index contributed by atoms with van der Waals surface area (Å²) in [6.45, 7) is 4.69. The van der Waals surface area contributed by atoms with Crippen molar-refractivity contribution in [3.8, 4) is 0 Å². The van der Waals surface area contributed by atoms with Crippen LogP contribution in [0.3, 0.4) is 0 Å². The third kappa shape index (κ3) is 4.67. The molecule has 1 heterocycles. The zero-order valence-corrected chi connectivity index (χ0v) is 10.1. The third-order valence-corrected chi connectivity index (χ3v) is 3.82. The van der Waals surface area contributed by atoms with Crippen LogP contribution in [0.1, 0.15) is 33.1 Å². The van der Waals surface area contributed by atoms with E-state index >= 15 is 0 Å². The van der Waals surface area contributed by atoms with Gasteiger partial charge in [0, 0.05) is 17.8 Å². The highest BCUT2D eigenvalue weighted by atomic mass is 32.2. The van der Waals surface area contributed by atoms with Crippen LogP contribution in [-0.2, 0) is 0 Å². The Hall–Kier alpha value is 0.270. The van der Waals surface area contributed by atoms with Crippen LogP contribution in [0.4, 0.5) is 0 Å². The van der Waals surface area contributed by atoms with Gasteiger partial charge in [-0.2, -0.15) is 11.8 Å². The van der Waals surface area contributed by atoms with E-state index in [1.54, 1.807) is 0 Å². The SMILES string of the molecule is CC(C)C[C@H](CO)N[C@@H]1CCCSC1. The highest BCUT2D eigenvalue weighted by Gasteiger charge is 2.18. The Morgan fingerprint density at radius 1 is 1.50 bits per heavy atom. The molecule has 1 aliphatic heterocycles. The van der Waals surface area contributed by atoms with Gasteiger partial charge in [-0.15, -0.1) is 0 Å². The minimum absolute atomic E-state index is 0.277. The van der Waals surface area contributed by atoms with Crippen LogP contribution in [0.2, 0.25) is 0 Å². The van der Waals surface area contributed by atoms with Crippen LogP contribution in [0, 0.1) is 5.92 Å². The molecule has 0 amide bonds. The molecule has 1 saturated heterocycles. The third-order valence-electron chi connectivity index (χ3n) is 2.61. The largest absolute Gasteiger partial charge is 0.395 e. The number of rotatable bonds is 5. The molecule has 0 aromatic rings. The van der Waals surface area contributed by atoms with Gasteiger partial charge in [0.05, 0.1) is 6.61 Å². The lowest BCUT2D eigenvalue weighted by atomic mass is 10.0. The number of hydrogen-bond acceptors (Lipinski definition) is 3. The van der Waals surface area contributed by atoms with Crippen molar-refractivity contribution in [2.24, 2.45) is 5.92 Å². The quantitative estimate of drug-likeness (QED) is 0.737. The van der Waals surface area contributed by atoms with E-state index in [4.69, 9.17) is 0 Å². The van der Waals surface area contributed by atoms with E-state index in [1.165, 1.54) is 24.3 Å². The second-order valence-electron chi connectivity index (χ2n) is 4.59. The minimum atomic E-state index is 0.277. The predicted octanol–water partition coefficient (Wildman–Crippen LogP) is 1.88. The topological polar surface area (TPSA) is 32.3 Å². The fourth-order valence-corrected chi connectivity index (χ4v) is 3.05. The van der Waals surface area contributed by atoms with Crippen molar-refractivity contribution in [3.05, 3.63) is 0 Å². The second kappa shape index (κ2) is 6.70. The van der Waals surface area contributed by atoms with Gasteiger partial charge in [0.1, 0.15) is 0 Å². The molecule has 84 valence electrons. The fraction of sp³-hybridized carbons (Fsp3) is 1.00. The molecule has 2 N–H and O–H groups in total. The molecule has 2 atom stereocenters. The minimum Gasteiger partial charge on any atom is -0.395 e. The Balaban J connectivity index is 2.23. The van der Waals surface area contributed by atoms with Gasteiger partial charge in [0.25, 0.3) is 0 Å². The molecule has 1 fully saturated rings. The Morgan fingerprint density at radius 3 is 2.79 bits per heavy atom. The highest BCUT2D eigenvalue weighted by Crippen LogP contribution is 2.18. The Bertz CT molecular complexity index is 146. The maximum Gasteiger partial charge on any atom is 0.0584 e. The normalized spacial score (nSPS) is 25.3. The summed E-state index contributed by atoms with van der Waals surface area (Å²) >= 11 is 2.03. The van der Waals surface area contributed by atoms with E-state index in [0.717, 1.165) is 6.42 Å². The predicted molar refractivity (Wildman–Crippen MR) is 63.8 cm³/mol. The number of nitrogens with one attached hydrogen (secondary N) is 1. The summed E-state index contributed by atoms with van der Waals surface area (Å²) in [4.78, 5) is 0. The van der Waals surface area contributed by atoms with Crippen LogP contribution in [0.5, 0.6) is 0 Å². The summed E-state index contributed by atoms with van der Waals surface area (Å²) in [5.41, 5.74) is 0. The zero-order chi connectivity index (χ0) is 10.4. The van der Waals surface area contributed by atoms with E-state index in [-0.39, 0.29) is 6.61 Å². The molecule has 2 nitrogen and oxygen atoms in total. The molecule has 0 saturated carbocycles. The number of thioether (sulfide) groups is 1. The fourth-order valence-electron chi connectivity index (χ4n) is 1.97. The Kier molecular flexibility index (Phi) is 5.90. The lowest BCUT2D eigenvalue weighted by molar-refractivity contribution is 0.213. The first-order valence-corrected chi connectivity index (χ1v) is 6.82. The average molecular weight is 217 g/mol. The van der Waals surface area contributed by atoms with Gasteiger partial charge in [-0.25, -0.2) is 0 Å². The van der Waals surface area contributed by atoms with Crippen LogP contribution in [0.15, 0.2) is 0 Å². The van der Waals surface area contributed by atoms with E-state index in [1.807, 2.05) is 11.8 Å². The molecule has 0 bridgehead atoms. The zero-order valence-electron chi connectivity index (χ0n) is 9.33. The van der Waals surface area contributed by atoms with Gasteiger partial charge in [0.15, 0.2) is 0 Å². The van der Waals surface area contributed by atoms with Gasteiger partial charge >= 0.3 is 0 Å². The summed E-state index contributed by atoms with van der Waals surface area (Å²) in [5.74, 6) is 3.19. The first kappa shape index (κ1) is 12.3. The smallest absolute Gasteiger partial charge is 0.0584 e. The molecule has 1 rings (SSSR count). The summed E-state index contributed by atoms with van der Waals surface area (Å²) in [6.07, 6.45) is 3.68. The molecule has 0 aliphatic carbocycles. The van der Waals surface area contributed by atoms with Gasteiger partial charge in [0.2, 0.25) is 0 Å². The second-order valence-corrected chi connectivity index (χ2v) is 5.74. The number of aliphatic hydroxyl groups is 1. The van der Waals surface area contributed by atoms with Crippen LogP contribution in [0.25, 0.3) is 0 Å². The standard InChI is InChI=1S/C11H23NOS/c1-9(2)6-11(7-13)12-10-4-3-5-14-8-10/h9-13H,3-8H2,1-2H3/t10-,11-/m1/s1. The summed E-state index contributed by atoms with van der Waals surface area (Å²) in [6, 6.07) is 0.934. The van der Waals surface area contributed by atoms with Gasteiger partial charge in [-0.3, -0.25) is 0 Å². The Labute approximate surface area is 91.9 Å². The van der Waals surface area contributed by atoms with Crippen LogP contribution < -0.4 is 5.32 Å². The maximum atomic E-state index is 9.24. The summed E-state index contributed by atoms with van der Waals surface area (Å²) in [7, 11) is 0. The molecule has 14 heavy (non-hydrogen) atoms. The summed E-state index contributed by atoms with van der Waals surface area (Å²) < 4.78 is 0. The van der Waals surface area contributed by atoms with Crippen molar-refractivity contribution < 1.29 is 5.11 Å². The lowest BCUT2D eigenvalue weighted by Crippen LogP contribution is -2.43. The molecule has 3 heteroatoms. The first-order chi connectivity index (χ1) is 6.72. The van der Waals surface area contributed by atoms with Crippen LogP contribution in [-0.4, -0.2) is 35.3 Å². The van der Waals surface area contributed by atoms with Crippen LogP contribution >= 0.6 is 11.8 Å². The van der Waals surface area contributed by atoms with Gasteiger partial charge in [-0.1, -0.05) is 13.8 Å². The van der Waals surface area contributed by atoms with Gasteiger partial charge < -0.3 is 10.4 Å². The van der Waals surface area contributed by atoms with Crippen molar-refractivity contribution in [2.45, 2.75) is 45.2 Å². The molecule has 1 aliphatic rings. The monoisotopic (exact) mass is 217 g/mol.